The van der Waals surface area contributed by atoms with Crippen molar-refractivity contribution in [1.82, 2.24) is 14.5 Å². The Balaban J connectivity index is 1.43. The largest absolute Gasteiger partial charge is 0.492 e. The third kappa shape index (κ3) is 4.27. The molecule has 0 amide bonds. The van der Waals surface area contributed by atoms with Gasteiger partial charge in [-0.2, -0.15) is 5.26 Å². The van der Waals surface area contributed by atoms with Gasteiger partial charge in [0.1, 0.15) is 35.4 Å². The maximum absolute atomic E-state index is 12.8. The molecule has 0 saturated heterocycles. The molecule has 4 aromatic rings. The molecule has 0 atom stereocenters. The van der Waals surface area contributed by atoms with Crippen molar-refractivity contribution in [1.29, 1.82) is 5.26 Å². The summed E-state index contributed by atoms with van der Waals surface area (Å²) in [6.45, 7) is 0.767. The van der Waals surface area contributed by atoms with Crippen LogP contribution in [0.4, 0.5) is 0 Å². The van der Waals surface area contributed by atoms with E-state index < -0.39 is 5.97 Å². The lowest BCUT2D eigenvalue weighted by molar-refractivity contribution is 0.0693. The molecule has 35 heavy (non-hydrogen) atoms. The molecule has 10 heteroatoms. The highest BCUT2D eigenvalue weighted by atomic mass is 35.5. The van der Waals surface area contributed by atoms with Crippen molar-refractivity contribution in [2.75, 3.05) is 13.2 Å². The molecule has 0 bridgehead atoms. The van der Waals surface area contributed by atoms with Gasteiger partial charge in [0.15, 0.2) is 0 Å². The Labute approximate surface area is 203 Å². The second-order valence-corrected chi connectivity index (χ2v) is 8.28. The molecule has 0 radical (unpaired) electrons. The van der Waals surface area contributed by atoms with Crippen molar-refractivity contribution in [3.05, 3.63) is 81.1 Å². The lowest BCUT2D eigenvalue weighted by Gasteiger charge is -2.15. The molecule has 9 nitrogen and oxygen atoms in total. The topological polar surface area (TPSA) is 127 Å². The van der Waals surface area contributed by atoms with Crippen molar-refractivity contribution < 1.29 is 19.4 Å². The smallest absolute Gasteiger partial charge is 0.339 e. The first-order chi connectivity index (χ1) is 16.9. The summed E-state index contributed by atoms with van der Waals surface area (Å²) in [6.07, 6.45) is 3.41. The van der Waals surface area contributed by atoms with Crippen molar-refractivity contribution in [3.63, 3.8) is 0 Å². The maximum atomic E-state index is 12.8. The average molecular weight is 489 g/mol. The molecule has 0 spiro atoms. The van der Waals surface area contributed by atoms with Gasteiger partial charge < -0.3 is 14.6 Å². The number of carboxylic acid groups (broad SMARTS) is 1. The molecule has 0 unspecified atom stereocenters. The summed E-state index contributed by atoms with van der Waals surface area (Å²) in [5, 5.41) is 19.5. The normalized spacial score (nSPS) is 12.1. The molecule has 3 heterocycles. The number of aromatic carboxylic acids is 1. The van der Waals surface area contributed by atoms with Gasteiger partial charge in [-0.3, -0.25) is 9.36 Å². The monoisotopic (exact) mass is 488 g/mol. The lowest BCUT2D eigenvalue weighted by Crippen LogP contribution is -2.23. The number of nitrogens with zero attached hydrogens (tertiary/aromatic N) is 4. The highest BCUT2D eigenvalue weighted by molar-refractivity contribution is 6.31. The fourth-order valence-corrected chi connectivity index (χ4v) is 4.18. The molecule has 0 aliphatic carbocycles. The number of pyridine rings is 1. The van der Waals surface area contributed by atoms with Gasteiger partial charge in [-0.25, -0.2) is 14.8 Å². The number of nitriles is 1. The van der Waals surface area contributed by atoms with Gasteiger partial charge in [-0.1, -0.05) is 11.6 Å². The summed E-state index contributed by atoms with van der Waals surface area (Å²) in [5.74, 6) is -0.196. The Kier molecular flexibility index (Phi) is 5.81. The summed E-state index contributed by atoms with van der Waals surface area (Å²) in [5.41, 5.74) is 2.40. The number of benzene rings is 2. The van der Waals surface area contributed by atoms with Crippen LogP contribution in [0.15, 0.2) is 53.7 Å². The molecule has 174 valence electrons. The van der Waals surface area contributed by atoms with Crippen LogP contribution in [0.25, 0.3) is 22.0 Å². The molecule has 5 rings (SSSR count). The van der Waals surface area contributed by atoms with Crippen molar-refractivity contribution in [2.45, 2.75) is 13.0 Å². The highest BCUT2D eigenvalue weighted by Crippen LogP contribution is 2.39. The van der Waals surface area contributed by atoms with Gasteiger partial charge in [0.05, 0.1) is 36.6 Å². The van der Waals surface area contributed by atoms with E-state index >= 15 is 0 Å². The van der Waals surface area contributed by atoms with Gasteiger partial charge in [-0.05, 0) is 47.5 Å². The number of fused-ring (bicyclic) bond motifs is 2. The van der Waals surface area contributed by atoms with Gasteiger partial charge in [-0.15, -0.1) is 0 Å². The summed E-state index contributed by atoms with van der Waals surface area (Å²) in [7, 11) is 0. The van der Waals surface area contributed by atoms with E-state index in [1.165, 1.54) is 23.2 Å². The number of aromatic nitrogens is 3. The zero-order valence-corrected chi connectivity index (χ0v) is 19.0. The molecule has 1 N–H and O–H groups in total. The van der Waals surface area contributed by atoms with Crippen LogP contribution in [0, 0.1) is 11.3 Å². The minimum atomic E-state index is -1.08. The van der Waals surface area contributed by atoms with Crippen LogP contribution in [-0.4, -0.2) is 38.8 Å². The quantitative estimate of drug-likeness (QED) is 0.435. The van der Waals surface area contributed by atoms with E-state index in [0.29, 0.717) is 51.6 Å². The van der Waals surface area contributed by atoms with Crippen molar-refractivity contribution >= 4 is 28.5 Å². The standard InChI is InChI=1S/C25H17ClN4O5/c26-16-1-2-22(18(9-16)15-7-14-3-5-35-23(14)20(8-15)25(32)33)34-6-4-30-13-29-21-12-28-17(11-27)10-19(21)24(30)31/h1-2,7-10,12-13H,3-6H2,(H,32,33). The number of halogens is 1. The zero-order valence-electron chi connectivity index (χ0n) is 18.2. The Hall–Kier alpha value is -4.42. The van der Waals surface area contributed by atoms with Crippen LogP contribution in [0.2, 0.25) is 5.02 Å². The fourth-order valence-electron chi connectivity index (χ4n) is 4.01. The van der Waals surface area contributed by atoms with E-state index in [-0.39, 0.29) is 30.0 Å². The van der Waals surface area contributed by atoms with Crippen LogP contribution in [-0.2, 0) is 13.0 Å². The first kappa shape index (κ1) is 22.4. The molecule has 1 aliphatic heterocycles. The van der Waals surface area contributed by atoms with E-state index in [9.17, 15) is 14.7 Å². The molecule has 0 fully saturated rings. The van der Waals surface area contributed by atoms with Gasteiger partial charge in [0, 0.05) is 17.0 Å². The van der Waals surface area contributed by atoms with E-state index in [1.54, 1.807) is 24.3 Å². The van der Waals surface area contributed by atoms with Crippen molar-refractivity contribution in [3.8, 4) is 28.7 Å². The van der Waals surface area contributed by atoms with Gasteiger partial charge in [0.25, 0.3) is 5.56 Å². The van der Waals surface area contributed by atoms with Crippen LogP contribution in [0.3, 0.4) is 0 Å². The SMILES string of the molecule is N#Cc1cc2c(=O)n(CCOc3ccc(Cl)cc3-c3cc4c(c(C(=O)O)c3)OCC4)cnc2cn1. The van der Waals surface area contributed by atoms with Crippen LogP contribution < -0.4 is 15.0 Å². The predicted octanol–water partition coefficient (Wildman–Crippen LogP) is 3.70. The second-order valence-electron chi connectivity index (χ2n) is 7.85. The number of carbonyl (C=O) groups is 1. The molecule has 2 aromatic heterocycles. The molecule has 0 saturated carbocycles. The number of rotatable bonds is 6. The zero-order chi connectivity index (χ0) is 24.5. The van der Waals surface area contributed by atoms with Crippen LogP contribution >= 0.6 is 11.6 Å². The minimum Gasteiger partial charge on any atom is -0.492 e. The fraction of sp³-hybridized carbons (Fsp3) is 0.160. The first-order valence-electron chi connectivity index (χ1n) is 10.7. The van der Waals surface area contributed by atoms with Crippen molar-refractivity contribution in [2.24, 2.45) is 0 Å². The minimum absolute atomic E-state index is 0.0842. The van der Waals surface area contributed by atoms with E-state index in [4.69, 9.17) is 26.3 Å². The Morgan fingerprint density at radius 2 is 2.11 bits per heavy atom. The van der Waals surface area contributed by atoms with Gasteiger partial charge in [0.2, 0.25) is 0 Å². The lowest BCUT2D eigenvalue weighted by atomic mass is 9.97. The highest BCUT2D eigenvalue weighted by Gasteiger charge is 2.23. The summed E-state index contributed by atoms with van der Waals surface area (Å²) in [6, 6.07) is 11.8. The second kappa shape index (κ2) is 9.08. The van der Waals surface area contributed by atoms with Crippen LogP contribution in [0.5, 0.6) is 11.5 Å². The van der Waals surface area contributed by atoms with Crippen LogP contribution in [0.1, 0.15) is 21.6 Å². The van der Waals surface area contributed by atoms with E-state index in [1.807, 2.05) is 12.1 Å². The summed E-state index contributed by atoms with van der Waals surface area (Å²) >= 11 is 6.24. The third-order valence-electron chi connectivity index (χ3n) is 5.68. The Bertz CT molecular complexity index is 1590. The first-order valence-corrected chi connectivity index (χ1v) is 11.0. The number of hydrogen-bond acceptors (Lipinski definition) is 7. The van der Waals surface area contributed by atoms with Gasteiger partial charge >= 0.3 is 5.97 Å². The van der Waals surface area contributed by atoms with E-state index in [0.717, 1.165) is 5.56 Å². The van der Waals surface area contributed by atoms with E-state index in [2.05, 4.69) is 9.97 Å². The predicted molar refractivity (Wildman–Crippen MR) is 127 cm³/mol. The summed E-state index contributed by atoms with van der Waals surface area (Å²) < 4.78 is 12.9. The molecular formula is C25H17ClN4O5. The number of carboxylic acids is 1. The Morgan fingerprint density at radius 1 is 1.26 bits per heavy atom. The molecular weight excluding hydrogens is 472 g/mol. The number of hydrogen-bond donors (Lipinski definition) is 1. The maximum Gasteiger partial charge on any atom is 0.339 e. The Morgan fingerprint density at radius 3 is 2.91 bits per heavy atom. The molecule has 2 aromatic carbocycles. The third-order valence-corrected chi connectivity index (χ3v) is 5.92. The average Bonchev–Trinajstić information content (AvgIpc) is 3.34. The number of ether oxygens (including phenoxy) is 2. The molecule has 1 aliphatic rings. The summed E-state index contributed by atoms with van der Waals surface area (Å²) in [4.78, 5) is 32.8.